The molecule has 0 aliphatic rings. The van der Waals surface area contributed by atoms with Gasteiger partial charge in [-0.05, 0) is 19.1 Å². The van der Waals surface area contributed by atoms with Crippen molar-refractivity contribution in [2.24, 2.45) is 0 Å². The number of hydrogen-bond acceptors (Lipinski definition) is 3. The monoisotopic (exact) mass is 256 g/mol. The Morgan fingerprint density at radius 1 is 1.32 bits per heavy atom. The largest absolute Gasteiger partial charge is 0.436 e. The van der Waals surface area contributed by atoms with E-state index in [1.807, 2.05) is 25.1 Å². The highest BCUT2D eigenvalue weighted by atomic mass is 19.1. The molecule has 0 spiro atoms. The zero-order valence-corrected chi connectivity index (χ0v) is 10.3. The molecule has 0 amide bonds. The molecule has 0 bridgehead atoms. The molecule has 5 heteroatoms. The van der Waals surface area contributed by atoms with E-state index in [4.69, 9.17) is 4.74 Å². The lowest BCUT2D eigenvalue weighted by atomic mass is 10.3. The summed E-state index contributed by atoms with van der Waals surface area (Å²) in [5, 5.41) is 0. The summed E-state index contributed by atoms with van der Waals surface area (Å²) in [6.45, 7) is 2.61. The van der Waals surface area contributed by atoms with Gasteiger partial charge in [0.15, 0.2) is 17.8 Å². The van der Waals surface area contributed by atoms with Crippen LogP contribution in [0.25, 0.3) is 11.2 Å². The van der Waals surface area contributed by atoms with Crippen LogP contribution < -0.4 is 4.74 Å². The van der Waals surface area contributed by atoms with Crippen LogP contribution in [0.3, 0.4) is 0 Å². The number of benzene rings is 1. The number of nitrogens with zero attached hydrogens (tertiary/aromatic N) is 3. The Hall–Kier alpha value is -2.43. The van der Waals surface area contributed by atoms with Gasteiger partial charge in [0.25, 0.3) is 5.88 Å². The molecule has 0 fully saturated rings. The highest BCUT2D eigenvalue weighted by molar-refractivity contribution is 5.71. The van der Waals surface area contributed by atoms with E-state index in [-0.39, 0.29) is 5.88 Å². The molecule has 1 radical (unpaired) electrons. The summed E-state index contributed by atoms with van der Waals surface area (Å²) in [4.78, 5) is 8.15. The number of fused-ring (bicyclic) bond motifs is 1. The SMILES string of the molecule is CCn1[c]nc2cc(F)c(Oc3ccccc3)nc21. The van der Waals surface area contributed by atoms with Crippen LogP contribution in [0.2, 0.25) is 0 Å². The zero-order valence-electron chi connectivity index (χ0n) is 10.3. The van der Waals surface area contributed by atoms with E-state index in [0.717, 1.165) is 0 Å². The molecule has 2 aromatic heterocycles. The van der Waals surface area contributed by atoms with Gasteiger partial charge in [0.2, 0.25) is 0 Å². The first-order valence-electron chi connectivity index (χ1n) is 5.95. The first-order valence-corrected chi connectivity index (χ1v) is 5.95. The predicted octanol–water partition coefficient (Wildman–Crippen LogP) is 3.18. The van der Waals surface area contributed by atoms with E-state index in [1.165, 1.54) is 6.07 Å². The fourth-order valence-corrected chi connectivity index (χ4v) is 1.79. The van der Waals surface area contributed by atoms with Gasteiger partial charge in [-0.25, -0.2) is 9.37 Å². The van der Waals surface area contributed by atoms with Gasteiger partial charge in [0.1, 0.15) is 11.3 Å². The van der Waals surface area contributed by atoms with Crippen LogP contribution in [-0.4, -0.2) is 14.5 Å². The van der Waals surface area contributed by atoms with Crippen LogP contribution in [-0.2, 0) is 6.54 Å². The molecule has 95 valence electrons. The third-order valence-corrected chi connectivity index (χ3v) is 2.73. The van der Waals surface area contributed by atoms with Crippen molar-refractivity contribution in [1.82, 2.24) is 14.5 Å². The molecule has 4 nitrogen and oxygen atoms in total. The quantitative estimate of drug-likeness (QED) is 0.722. The third-order valence-electron chi connectivity index (χ3n) is 2.73. The number of hydrogen-bond donors (Lipinski definition) is 0. The van der Waals surface area contributed by atoms with Gasteiger partial charge in [0, 0.05) is 12.6 Å². The van der Waals surface area contributed by atoms with Gasteiger partial charge >= 0.3 is 0 Å². The van der Waals surface area contributed by atoms with E-state index >= 15 is 0 Å². The van der Waals surface area contributed by atoms with Gasteiger partial charge in [-0.2, -0.15) is 4.98 Å². The Balaban J connectivity index is 2.05. The summed E-state index contributed by atoms with van der Waals surface area (Å²) < 4.78 is 21.0. The number of rotatable bonds is 3. The maximum Gasteiger partial charge on any atom is 0.258 e. The number of imidazole rings is 1. The standard InChI is InChI=1S/C14H11FN3O/c1-2-18-9-16-12-8-11(15)14(17-13(12)18)19-10-6-4-3-5-7-10/h3-8H,2H2,1H3. The molecule has 0 unspecified atom stereocenters. The van der Waals surface area contributed by atoms with Gasteiger partial charge in [-0.3, -0.25) is 0 Å². The van der Waals surface area contributed by atoms with Crippen molar-refractivity contribution in [2.75, 3.05) is 0 Å². The third kappa shape index (κ3) is 2.14. The Morgan fingerprint density at radius 2 is 2.11 bits per heavy atom. The first kappa shape index (κ1) is 11.6. The fourth-order valence-electron chi connectivity index (χ4n) is 1.79. The number of aryl methyl sites for hydroxylation is 1. The van der Waals surface area contributed by atoms with Gasteiger partial charge < -0.3 is 9.30 Å². The van der Waals surface area contributed by atoms with Crippen molar-refractivity contribution in [2.45, 2.75) is 13.5 Å². The average molecular weight is 256 g/mol. The number of pyridine rings is 1. The molecule has 19 heavy (non-hydrogen) atoms. The summed E-state index contributed by atoms with van der Waals surface area (Å²) in [7, 11) is 0. The Bertz CT molecular complexity index is 709. The smallest absolute Gasteiger partial charge is 0.258 e. The zero-order chi connectivity index (χ0) is 13.2. The van der Waals surface area contributed by atoms with Gasteiger partial charge in [-0.1, -0.05) is 18.2 Å². The average Bonchev–Trinajstić information content (AvgIpc) is 2.82. The molecule has 0 saturated heterocycles. The number of ether oxygens (including phenoxy) is 1. The molecular weight excluding hydrogens is 245 g/mol. The Morgan fingerprint density at radius 3 is 2.84 bits per heavy atom. The van der Waals surface area contributed by atoms with E-state index in [9.17, 15) is 4.39 Å². The first-order chi connectivity index (χ1) is 9.28. The lowest BCUT2D eigenvalue weighted by molar-refractivity contribution is 0.424. The molecule has 3 aromatic rings. The van der Waals surface area contributed by atoms with E-state index < -0.39 is 5.82 Å². The van der Waals surface area contributed by atoms with Crippen LogP contribution in [0.4, 0.5) is 4.39 Å². The lowest BCUT2D eigenvalue weighted by Crippen LogP contribution is -1.97. The highest BCUT2D eigenvalue weighted by Gasteiger charge is 2.12. The van der Waals surface area contributed by atoms with Crippen molar-refractivity contribution in [1.29, 1.82) is 0 Å². The molecule has 1 aromatic carbocycles. The maximum absolute atomic E-state index is 13.9. The minimum atomic E-state index is -0.536. The molecule has 0 aliphatic heterocycles. The molecule has 3 rings (SSSR count). The minimum absolute atomic E-state index is 0.0534. The van der Waals surface area contributed by atoms with Crippen molar-refractivity contribution in [3.63, 3.8) is 0 Å². The van der Waals surface area contributed by atoms with Gasteiger partial charge in [0.05, 0.1) is 0 Å². The normalized spacial score (nSPS) is 10.8. The topological polar surface area (TPSA) is 39.9 Å². The number of halogens is 1. The highest BCUT2D eigenvalue weighted by Crippen LogP contribution is 2.24. The van der Waals surface area contributed by atoms with Crippen molar-refractivity contribution in [3.05, 3.63) is 48.5 Å². The maximum atomic E-state index is 13.9. The summed E-state index contributed by atoms with van der Waals surface area (Å²) in [6.07, 6.45) is 2.76. The molecule has 0 aliphatic carbocycles. The lowest BCUT2D eigenvalue weighted by Gasteiger charge is -2.06. The summed E-state index contributed by atoms with van der Waals surface area (Å²) in [6, 6.07) is 10.3. The molecular formula is C14H11FN3O. The van der Waals surface area contributed by atoms with E-state index in [0.29, 0.717) is 23.5 Å². The van der Waals surface area contributed by atoms with Crippen molar-refractivity contribution < 1.29 is 9.13 Å². The van der Waals surface area contributed by atoms with Crippen LogP contribution in [0.5, 0.6) is 11.6 Å². The van der Waals surface area contributed by atoms with E-state index in [2.05, 4.69) is 16.3 Å². The van der Waals surface area contributed by atoms with Crippen LogP contribution in [0.15, 0.2) is 36.4 Å². The predicted molar refractivity (Wildman–Crippen MR) is 68.5 cm³/mol. The number of para-hydroxylation sites is 1. The van der Waals surface area contributed by atoms with Crippen molar-refractivity contribution >= 4 is 11.2 Å². The summed E-state index contributed by atoms with van der Waals surface area (Å²) in [5.41, 5.74) is 1.04. The van der Waals surface area contributed by atoms with Crippen LogP contribution >= 0.6 is 0 Å². The molecule has 0 N–H and O–H groups in total. The second kappa shape index (κ2) is 4.68. The van der Waals surface area contributed by atoms with Crippen molar-refractivity contribution in [3.8, 4) is 11.6 Å². The fraction of sp³-hybridized carbons (Fsp3) is 0.143. The van der Waals surface area contributed by atoms with Crippen LogP contribution in [0.1, 0.15) is 6.92 Å². The minimum Gasteiger partial charge on any atom is -0.436 e. The van der Waals surface area contributed by atoms with E-state index in [1.54, 1.807) is 16.7 Å². The van der Waals surface area contributed by atoms with Crippen LogP contribution in [0, 0.1) is 12.1 Å². The molecule has 0 saturated carbocycles. The second-order valence-corrected chi connectivity index (χ2v) is 3.99. The summed E-state index contributed by atoms with van der Waals surface area (Å²) >= 11 is 0. The Kier molecular flexibility index (Phi) is 2.87. The second-order valence-electron chi connectivity index (χ2n) is 3.99. The van der Waals surface area contributed by atoms with Gasteiger partial charge in [-0.15, -0.1) is 0 Å². The number of aromatic nitrogens is 3. The Labute approximate surface area is 109 Å². The summed E-state index contributed by atoms with van der Waals surface area (Å²) in [5.74, 6) is -0.0480. The molecule has 2 heterocycles. The molecule has 0 atom stereocenters.